The fraction of sp³-hybridized carbons (Fsp3) is 0.909. The molecule has 0 aliphatic carbocycles. The molecule has 0 aliphatic heterocycles. The number of carbonyl (C=O) groups is 1. The average Bonchev–Trinajstić information content (AvgIpc) is 2.12. The van der Waals surface area contributed by atoms with Crippen molar-refractivity contribution < 1.29 is 9.90 Å². The number of ketones is 1. The van der Waals surface area contributed by atoms with Crippen molar-refractivity contribution in [2.75, 3.05) is 0 Å². The normalized spacial score (nSPS) is 15.4. The molecule has 0 radical (unpaired) electrons. The minimum Gasteiger partial charge on any atom is -0.382 e. The van der Waals surface area contributed by atoms with Gasteiger partial charge in [0.2, 0.25) is 0 Å². The van der Waals surface area contributed by atoms with Crippen LogP contribution in [0.2, 0.25) is 0 Å². The summed E-state index contributed by atoms with van der Waals surface area (Å²) in [4.78, 5) is 11.4. The molecular formula is C11H22O2. The van der Waals surface area contributed by atoms with Crippen molar-refractivity contribution in [3.05, 3.63) is 0 Å². The van der Waals surface area contributed by atoms with Gasteiger partial charge in [0.05, 0.1) is 0 Å². The van der Waals surface area contributed by atoms with E-state index in [9.17, 15) is 9.90 Å². The van der Waals surface area contributed by atoms with Crippen LogP contribution in [0, 0.1) is 0 Å². The van der Waals surface area contributed by atoms with Gasteiger partial charge in [-0.15, -0.1) is 0 Å². The zero-order valence-electron chi connectivity index (χ0n) is 9.10. The quantitative estimate of drug-likeness (QED) is 0.621. The summed E-state index contributed by atoms with van der Waals surface area (Å²) in [6, 6.07) is 0. The minimum absolute atomic E-state index is 0.00824. The van der Waals surface area contributed by atoms with E-state index in [1.807, 2.05) is 6.92 Å². The van der Waals surface area contributed by atoms with E-state index in [1.54, 1.807) is 6.92 Å². The van der Waals surface area contributed by atoms with Gasteiger partial charge in [0.1, 0.15) is 5.60 Å². The van der Waals surface area contributed by atoms with Crippen LogP contribution in [0.15, 0.2) is 0 Å². The molecule has 0 aromatic heterocycles. The predicted molar refractivity (Wildman–Crippen MR) is 54.7 cm³/mol. The first-order valence-electron chi connectivity index (χ1n) is 5.30. The van der Waals surface area contributed by atoms with Gasteiger partial charge in [-0.05, 0) is 19.8 Å². The molecule has 0 rings (SSSR count). The van der Waals surface area contributed by atoms with Crippen LogP contribution >= 0.6 is 0 Å². The maximum Gasteiger partial charge on any atom is 0.164 e. The summed E-state index contributed by atoms with van der Waals surface area (Å²) >= 11 is 0. The van der Waals surface area contributed by atoms with Gasteiger partial charge >= 0.3 is 0 Å². The van der Waals surface area contributed by atoms with Crippen molar-refractivity contribution in [2.45, 2.75) is 64.9 Å². The molecule has 0 fully saturated rings. The monoisotopic (exact) mass is 186 g/mol. The lowest BCUT2D eigenvalue weighted by Gasteiger charge is -2.19. The maximum absolute atomic E-state index is 11.4. The molecule has 0 spiro atoms. The summed E-state index contributed by atoms with van der Waals surface area (Å²) in [5.74, 6) is -0.00824. The third-order valence-electron chi connectivity index (χ3n) is 2.55. The van der Waals surface area contributed by atoms with Gasteiger partial charge in [-0.2, -0.15) is 0 Å². The van der Waals surface area contributed by atoms with Crippen LogP contribution in [0.25, 0.3) is 0 Å². The van der Waals surface area contributed by atoms with Crippen LogP contribution in [-0.2, 0) is 4.79 Å². The molecule has 13 heavy (non-hydrogen) atoms. The predicted octanol–water partition coefficient (Wildman–Crippen LogP) is 2.69. The molecule has 1 atom stereocenters. The molecule has 0 aromatic rings. The number of rotatable bonds is 7. The van der Waals surface area contributed by atoms with Gasteiger partial charge in [0.15, 0.2) is 5.78 Å². The smallest absolute Gasteiger partial charge is 0.164 e. The molecule has 0 saturated carbocycles. The van der Waals surface area contributed by atoms with E-state index >= 15 is 0 Å². The highest BCUT2D eigenvalue weighted by Crippen LogP contribution is 2.14. The zero-order valence-corrected chi connectivity index (χ0v) is 9.10. The Morgan fingerprint density at radius 3 is 2.31 bits per heavy atom. The average molecular weight is 186 g/mol. The molecule has 0 saturated heterocycles. The van der Waals surface area contributed by atoms with Crippen molar-refractivity contribution in [1.29, 1.82) is 0 Å². The van der Waals surface area contributed by atoms with E-state index in [0.717, 1.165) is 12.8 Å². The summed E-state index contributed by atoms with van der Waals surface area (Å²) in [6.07, 6.45) is 5.42. The van der Waals surface area contributed by atoms with Gasteiger partial charge in [-0.1, -0.05) is 33.1 Å². The van der Waals surface area contributed by atoms with Crippen LogP contribution in [0.4, 0.5) is 0 Å². The van der Waals surface area contributed by atoms with Crippen molar-refractivity contribution >= 4 is 5.78 Å². The number of unbranched alkanes of at least 4 members (excludes halogenated alkanes) is 3. The fourth-order valence-corrected chi connectivity index (χ4v) is 1.18. The van der Waals surface area contributed by atoms with E-state index in [2.05, 4.69) is 6.92 Å². The first-order chi connectivity index (χ1) is 6.04. The lowest BCUT2D eigenvalue weighted by molar-refractivity contribution is -0.136. The molecule has 1 N–H and O–H groups in total. The van der Waals surface area contributed by atoms with E-state index in [0.29, 0.717) is 12.8 Å². The Morgan fingerprint density at radius 1 is 1.23 bits per heavy atom. The van der Waals surface area contributed by atoms with Gasteiger partial charge in [0.25, 0.3) is 0 Å². The lowest BCUT2D eigenvalue weighted by Crippen LogP contribution is -2.33. The highest BCUT2D eigenvalue weighted by molar-refractivity contribution is 5.86. The highest BCUT2D eigenvalue weighted by Gasteiger charge is 2.26. The van der Waals surface area contributed by atoms with Crippen LogP contribution in [0.3, 0.4) is 0 Å². The van der Waals surface area contributed by atoms with Gasteiger partial charge < -0.3 is 5.11 Å². The molecule has 0 amide bonds. The molecule has 0 aromatic carbocycles. The van der Waals surface area contributed by atoms with Gasteiger partial charge in [0, 0.05) is 6.42 Å². The van der Waals surface area contributed by atoms with E-state index in [1.165, 1.54) is 12.8 Å². The topological polar surface area (TPSA) is 37.3 Å². The number of carbonyl (C=O) groups excluding carboxylic acids is 1. The second kappa shape index (κ2) is 6.14. The molecule has 0 bridgehead atoms. The summed E-state index contributed by atoms with van der Waals surface area (Å²) in [5, 5.41) is 9.60. The van der Waals surface area contributed by atoms with Crippen LogP contribution in [0.5, 0.6) is 0 Å². The van der Waals surface area contributed by atoms with Gasteiger partial charge in [-0.25, -0.2) is 0 Å². The third-order valence-corrected chi connectivity index (χ3v) is 2.55. The SMILES string of the molecule is CCCCCCC(=O)C(C)(O)CC. The standard InChI is InChI=1S/C11H22O2/c1-4-6-7-8-9-10(12)11(3,13)5-2/h13H,4-9H2,1-3H3. The Bertz CT molecular complexity index is 150. The van der Waals surface area contributed by atoms with E-state index in [-0.39, 0.29) is 5.78 Å². The van der Waals surface area contributed by atoms with Crippen LogP contribution < -0.4 is 0 Å². The van der Waals surface area contributed by atoms with E-state index < -0.39 is 5.60 Å². The van der Waals surface area contributed by atoms with Crippen molar-refractivity contribution in [3.8, 4) is 0 Å². The molecular weight excluding hydrogens is 164 g/mol. The van der Waals surface area contributed by atoms with Crippen molar-refractivity contribution in [2.24, 2.45) is 0 Å². The fourth-order valence-electron chi connectivity index (χ4n) is 1.18. The molecule has 2 nitrogen and oxygen atoms in total. The number of aliphatic hydroxyl groups is 1. The third kappa shape index (κ3) is 5.04. The Morgan fingerprint density at radius 2 is 1.85 bits per heavy atom. The summed E-state index contributed by atoms with van der Waals surface area (Å²) in [6.45, 7) is 5.59. The van der Waals surface area contributed by atoms with E-state index in [4.69, 9.17) is 0 Å². The Labute approximate surface area is 81.3 Å². The second-order valence-electron chi connectivity index (χ2n) is 3.86. The molecule has 1 unspecified atom stereocenters. The van der Waals surface area contributed by atoms with Crippen LogP contribution in [0.1, 0.15) is 59.3 Å². The summed E-state index contributed by atoms with van der Waals surface area (Å²) in [7, 11) is 0. The summed E-state index contributed by atoms with van der Waals surface area (Å²) < 4.78 is 0. The van der Waals surface area contributed by atoms with Crippen LogP contribution in [-0.4, -0.2) is 16.5 Å². The molecule has 2 heteroatoms. The Balaban J connectivity index is 3.62. The molecule has 78 valence electrons. The largest absolute Gasteiger partial charge is 0.382 e. The Hall–Kier alpha value is -0.370. The maximum atomic E-state index is 11.4. The number of hydrogen-bond acceptors (Lipinski definition) is 2. The minimum atomic E-state index is -1.09. The van der Waals surface area contributed by atoms with Crippen molar-refractivity contribution in [3.63, 3.8) is 0 Å². The first-order valence-corrected chi connectivity index (χ1v) is 5.30. The zero-order chi connectivity index (χ0) is 10.3. The number of Topliss-reactive ketones (excluding diaryl/α,β-unsaturated/α-hetero) is 1. The van der Waals surface area contributed by atoms with Gasteiger partial charge in [-0.3, -0.25) is 4.79 Å². The number of hydrogen-bond donors (Lipinski definition) is 1. The molecule has 0 aliphatic rings. The molecule has 0 heterocycles. The first kappa shape index (κ1) is 12.6. The summed E-state index contributed by atoms with van der Waals surface area (Å²) in [5.41, 5.74) is -1.09. The lowest BCUT2D eigenvalue weighted by atomic mass is 9.94. The van der Waals surface area contributed by atoms with Crippen molar-refractivity contribution in [1.82, 2.24) is 0 Å². The highest BCUT2D eigenvalue weighted by atomic mass is 16.3. The second-order valence-corrected chi connectivity index (χ2v) is 3.86. The Kier molecular flexibility index (Phi) is 5.97.